The third-order valence-electron chi connectivity index (χ3n) is 5.54. The largest absolute Gasteiger partial charge is 0.480 e. The van der Waals surface area contributed by atoms with Gasteiger partial charge in [-0.15, -0.1) is 11.8 Å². The van der Waals surface area contributed by atoms with Gasteiger partial charge in [0.05, 0.1) is 12.0 Å². The summed E-state index contributed by atoms with van der Waals surface area (Å²) >= 11 is 0. The molecule has 172 valence electrons. The maximum absolute atomic E-state index is 12.5. The normalized spacial score (nSPS) is 12.5. The zero-order valence-corrected chi connectivity index (χ0v) is 18.3. The lowest BCUT2D eigenvalue weighted by atomic mass is 9.98. The van der Waals surface area contributed by atoms with Crippen molar-refractivity contribution in [1.82, 2.24) is 5.32 Å². The van der Waals surface area contributed by atoms with Gasteiger partial charge < -0.3 is 19.6 Å². The minimum atomic E-state index is -1.23. The second-order valence-electron chi connectivity index (χ2n) is 7.61. The van der Waals surface area contributed by atoms with Gasteiger partial charge in [0.15, 0.2) is 0 Å². The molecule has 8 heteroatoms. The number of rotatable bonds is 7. The maximum atomic E-state index is 12.5. The molecule has 3 aromatic rings. The molecule has 0 spiro atoms. The Kier molecular flexibility index (Phi) is 6.64. The Morgan fingerprint density at radius 1 is 1.06 bits per heavy atom. The summed E-state index contributed by atoms with van der Waals surface area (Å²) in [7, 11) is 0. The summed E-state index contributed by atoms with van der Waals surface area (Å²) < 4.78 is 10.7. The van der Waals surface area contributed by atoms with E-state index in [0.717, 1.165) is 22.3 Å². The Bertz CT molecular complexity index is 1250. The van der Waals surface area contributed by atoms with Crippen molar-refractivity contribution in [1.29, 1.82) is 0 Å². The van der Waals surface area contributed by atoms with Crippen LogP contribution < -0.4 is 10.6 Å². The first-order chi connectivity index (χ1) is 16.5. The quantitative estimate of drug-likeness (QED) is 0.456. The molecule has 1 atom stereocenters. The van der Waals surface area contributed by atoms with Gasteiger partial charge in [0.2, 0.25) is 5.76 Å². The molecule has 0 bridgehead atoms. The smallest absolute Gasteiger partial charge is 0.411 e. The van der Waals surface area contributed by atoms with Crippen LogP contribution in [-0.2, 0) is 9.53 Å². The van der Waals surface area contributed by atoms with Crippen LogP contribution in [0.15, 0.2) is 65.3 Å². The molecular formula is C26H22N2O6. The van der Waals surface area contributed by atoms with Crippen LogP contribution in [0.4, 0.5) is 10.5 Å². The van der Waals surface area contributed by atoms with Gasteiger partial charge in [-0.05, 0) is 29.2 Å². The van der Waals surface area contributed by atoms with E-state index in [4.69, 9.17) is 9.15 Å². The third kappa shape index (κ3) is 4.64. The van der Waals surface area contributed by atoms with Gasteiger partial charge in [-0.2, -0.15) is 0 Å². The predicted octanol–water partition coefficient (Wildman–Crippen LogP) is 4.24. The number of aliphatic carboxylic acids is 1. The van der Waals surface area contributed by atoms with Crippen molar-refractivity contribution in [2.24, 2.45) is 0 Å². The van der Waals surface area contributed by atoms with Crippen molar-refractivity contribution in [3.63, 3.8) is 0 Å². The summed E-state index contributed by atoms with van der Waals surface area (Å²) in [6.07, 6.45) is 0.396. The monoisotopic (exact) mass is 458 g/mol. The van der Waals surface area contributed by atoms with Crippen LogP contribution in [-0.4, -0.2) is 35.7 Å². The Hall–Kier alpha value is -4.51. The van der Waals surface area contributed by atoms with Crippen molar-refractivity contribution in [3.05, 3.63) is 77.7 Å². The SMILES string of the molecule is CC#CCC(NC(=O)c1occc1NC(=O)OCC1c2ccccc2-c2ccccc21)C(=O)O. The Morgan fingerprint density at radius 3 is 2.32 bits per heavy atom. The highest BCUT2D eigenvalue weighted by Crippen LogP contribution is 2.44. The molecule has 0 aliphatic heterocycles. The molecule has 34 heavy (non-hydrogen) atoms. The van der Waals surface area contributed by atoms with Crippen molar-refractivity contribution >= 4 is 23.7 Å². The van der Waals surface area contributed by atoms with Crippen LogP contribution in [0.1, 0.15) is 40.9 Å². The summed E-state index contributed by atoms with van der Waals surface area (Å²) in [5.74, 6) is 2.85. The highest BCUT2D eigenvalue weighted by atomic mass is 16.5. The van der Waals surface area contributed by atoms with E-state index in [-0.39, 0.29) is 30.4 Å². The molecular weight excluding hydrogens is 436 g/mol. The average molecular weight is 458 g/mol. The number of hydrogen-bond acceptors (Lipinski definition) is 5. The second kappa shape index (κ2) is 9.96. The maximum Gasteiger partial charge on any atom is 0.411 e. The van der Waals surface area contributed by atoms with Crippen LogP contribution in [0.5, 0.6) is 0 Å². The first-order valence-electron chi connectivity index (χ1n) is 10.6. The van der Waals surface area contributed by atoms with E-state index >= 15 is 0 Å². The molecule has 3 N–H and O–H groups in total. The molecule has 2 aromatic carbocycles. The average Bonchev–Trinajstić information content (AvgIpc) is 3.42. The number of carbonyl (C=O) groups excluding carboxylic acids is 2. The molecule has 1 aromatic heterocycles. The lowest BCUT2D eigenvalue weighted by Gasteiger charge is -2.15. The summed E-state index contributed by atoms with van der Waals surface area (Å²) in [6, 6.07) is 16.1. The minimum Gasteiger partial charge on any atom is -0.480 e. The van der Waals surface area contributed by atoms with Crippen molar-refractivity contribution in [2.45, 2.75) is 25.3 Å². The van der Waals surface area contributed by atoms with Crippen LogP contribution in [0, 0.1) is 11.8 Å². The highest BCUT2D eigenvalue weighted by Gasteiger charge is 2.29. The number of carboxylic acids is 1. The molecule has 4 rings (SSSR count). The zero-order chi connectivity index (χ0) is 24.1. The number of amides is 2. The van der Waals surface area contributed by atoms with Crippen molar-refractivity contribution in [3.8, 4) is 23.0 Å². The van der Waals surface area contributed by atoms with E-state index in [0.29, 0.717) is 0 Å². The molecule has 0 fully saturated rings. The molecule has 8 nitrogen and oxygen atoms in total. The number of anilines is 1. The highest BCUT2D eigenvalue weighted by molar-refractivity contribution is 6.01. The third-order valence-corrected chi connectivity index (χ3v) is 5.54. The Balaban J connectivity index is 1.41. The van der Waals surface area contributed by atoms with Gasteiger partial charge in [-0.1, -0.05) is 48.5 Å². The molecule has 1 aliphatic rings. The molecule has 0 saturated carbocycles. The molecule has 1 heterocycles. The number of nitrogens with one attached hydrogen (secondary N) is 2. The van der Waals surface area contributed by atoms with Gasteiger partial charge in [-0.25, -0.2) is 9.59 Å². The number of carboxylic acid groups (broad SMARTS) is 1. The summed E-state index contributed by atoms with van der Waals surface area (Å²) in [5, 5.41) is 14.1. The van der Waals surface area contributed by atoms with E-state index in [1.807, 2.05) is 48.5 Å². The van der Waals surface area contributed by atoms with Crippen LogP contribution in [0.2, 0.25) is 0 Å². The standard InChI is InChI=1S/C26H22N2O6/c1-2-3-12-22(25(30)31)27-24(29)23-21(13-14-33-23)28-26(32)34-15-20-18-10-6-4-8-16(18)17-9-5-7-11-19(17)20/h4-11,13-14,20,22H,12,15H2,1H3,(H,27,29)(H,28,32)(H,30,31). The summed E-state index contributed by atoms with van der Waals surface area (Å²) in [4.78, 5) is 36.4. The van der Waals surface area contributed by atoms with E-state index in [9.17, 15) is 19.5 Å². The van der Waals surface area contributed by atoms with Crippen LogP contribution >= 0.6 is 0 Å². The topological polar surface area (TPSA) is 118 Å². The lowest BCUT2D eigenvalue weighted by Crippen LogP contribution is -2.40. The number of fused-ring (bicyclic) bond motifs is 3. The number of ether oxygens (including phenoxy) is 1. The summed E-state index contributed by atoms with van der Waals surface area (Å²) in [6.45, 7) is 1.68. The lowest BCUT2D eigenvalue weighted by molar-refractivity contribution is -0.139. The molecule has 0 saturated heterocycles. The Morgan fingerprint density at radius 2 is 1.71 bits per heavy atom. The van der Waals surface area contributed by atoms with Gasteiger partial charge in [0.1, 0.15) is 12.6 Å². The first-order valence-corrected chi connectivity index (χ1v) is 10.6. The number of benzene rings is 2. The number of carbonyl (C=O) groups is 3. The fourth-order valence-electron chi connectivity index (χ4n) is 3.96. The van der Waals surface area contributed by atoms with E-state index in [2.05, 4.69) is 22.5 Å². The van der Waals surface area contributed by atoms with E-state index in [1.165, 1.54) is 12.3 Å². The fourth-order valence-corrected chi connectivity index (χ4v) is 3.96. The van der Waals surface area contributed by atoms with Crippen molar-refractivity contribution < 1.29 is 28.6 Å². The van der Waals surface area contributed by atoms with Crippen LogP contribution in [0.3, 0.4) is 0 Å². The minimum absolute atomic E-state index is 0.0621. The van der Waals surface area contributed by atoms with Gasteiger partial charge in [-0.3, -0.25) is 10.1 Å². The summed E-state index contributed by atoms with van der Waals surface area (Å²) in [5.41, 5.74) is 4.45. The first kappa shape index (κ1) is 22.7. The van der Waals surface area contributed by atoms with Gasteiger partial charge in [0, 0.05) is 18.4 Å². The Labute approximate surface area is 195 Å². The van der Waals surface area contributed by atoms with Crippen LogP contribution in [0.25, 0.3) is 11.1 Å². The second-order valence-corrected chi connectivity index (χ2v) is 7.61. The van der Waals surface area contributed by atoms with E-state index < -0.39 is 24.0 Å². The fraction of sp³-hybridized carbons (Fsp3) is 0.192. The zero-order valence-electron chi connectivity index (χ0n) is 18.3. The van der Waals surface area contributed by atoms with Gasteiger partial charge in [0.25, 0.3) is 5.91 Å². The van der Waals surface area contributed by atoms with E-state index in [1.54, 1.807) is 6.92 Å². The molecule has 2 amide bonds. The molecule has 0 radical (unpaired) electrons. The van der Waals surface area contributed by atoms with Gasteiger partial charge >= 0.3 is 12.1 Å². The molecule has 1 aliphatic carbocycles. The van der Waals surface area contributed by atoms with Crippen molar-refractivity contribution in [2.75, 3.05) is 11.9 Å². The molecule has 1 unspecified atom stereocenters. The number of hydrogen-bond donors (Lipinski definition) is 3. The predicted molar refractivity (Wildman–Crippen MR) is 124 cm³/mol. The number of furan rings is 1.